The number of anilines is 2. The highest BCUT2D eigenvalue weighted by Crippen LogP contribution is 2.41. The Labute approximate surface area is 217 Å². The van der Waals surface area contributed by atoms with Crippen LogP contribution in [0.3, 0.4) is 0 Å². The van der Waals surface area contributed by atoms with E-state index in [0.717, 1.165) is 56.0 Å². The molecule has 2 aromatic heterocycles. The summed E-state index contributed by atoms with van der Waals surface area (Å²) in [6, 6.07) is 1.96. The summed E-state index contributed by atoms with van der Waals surface area (Å²) < 4.78 is 0. The predicted molar refractivity (Wildman–Crippen MR) is 141 cm³/mol. The molecule has 0 spiro atoms. The van der Waals surface area contributed by atoms with Gasteiger partial charge in [-0.1, -0.05) is 30.3 Å². The number of nitrogens with zero attached hydrogens (tertiary/aromatic N) is 5. The molecule has 4 heterocycles. The first-order valence-electron chi connectivity index (χ1n) is 12.3. The molecule has 8 nitrogen and oxygen atoms in total. The van der Waals surface area contributed by atoms with Gasteiger partial charge in [-0.25, -0.2) is 15.0 Å². The number of hydrogen-bond donors (Lipinski definition) is 3. The van der Waals surface area contributed by atoms with Crippen LogP contribution in [-0.2, 0) is 6.61 Å². The summed E-state index contributed by atoms with van der Waals surface area (Å²) in [7, 11) is 0. The minimum Gasteiger partial charge on any atom is -0.390 e. The highest BCUT2D eigenvalue weighted by Gasteiger charge is 2.38. The fourth-order valence-corrected chi connectivity index (χ4v) is 6.20. The van der Waals surface area contributed by atoms with E-state index in [4.69, 9.17) is 22.3 Å². The second kappa shape index (κ2) is 10.4. The van der Waals surface area contributed by atoms with Gasteiger partial charge in [0.05, 0.1) is 29.5 Å². The van der Waals surface area contributed by atoms with Crippen molar-refractivity contribution >= 4 is 35.0 Å². The van der Waals surface area contributed by atoms with Crippen LogP contribution < -0.4 is 15.5 Å². The third-order valence-electron chi connectivity index (χ3n) is 7.65. The first kappa shape index (κ1) is 26.4. The maximum absolute atomic E-state index is 10.6. The molecule has 2 aliphatic heterocycles. The van der Waals surface area contributed by atoms with Gasteiger partial charge in [0.1, 0.15) is 16.5 Å². The zero-order chi connectivity index (χ0) is 25.4. The Hall–Kier alpha value is -1.65. The molecular formula is C25H37ClN6O2S. The van der Waals surface area contributed by atoms with Crippen molar-refractivity contribution in [2.75, 3.05) is 29.4 Å². The second-order valence-corrected chi connectivity index (χ2v) is 12.1. The number of aromatic nitrogens is 3. The van der Waals surface area contributed by atoms with Crippen molar-refractivity contribution in [1.29, 1.82) is 0 Å². The monoisotopic (exact) mass is 520 g/mol. The molecule has 0 bridgehead atoms. The first-order valence-corrected chi connectivity index (χ1v) is 13.5. The summed E-state index contributed by atoms with van der Waals surface area (Å²) in [5.41, 5.74) is 6.04. The molecule has 192 valence electrons. The zero-order valence-corrected chi connectivity index (χ0v) is 22.6. The smallest absolute Gasteiger partial charge is 0.152 e. The topological polar surface area (TPSA) is 112 Å². The number of nitrogens with two attached hydrogens (primary N) is 1. The van der Waals surface area contributed by atoms with Crippen LogP contribution in [0.1, 0.15) is 59.1 Å². The molecular weight excluding hydrogens is 484 g/mol. The largest absolute Gasteiger partial charge is 0.390 e. The number of rotatable bonds is 7. The molecule has 10 heteroatoms. The van der Waals surface area contributed by atoms with Gasteiger partial charge in [-0.3, -0.25) is 0 Å². The number of aliphatic hydroxyl groups excluding tert-OH is 1. The molecule has 0 saturated carbocycles. The van der Waals surface area contributed by atoms with E-state index in [1.807, 2.05) is 19.9 Å². The van der Waals surface area contributed by atoms with E-state index in [2.05, 4.69) is 33.6 Å². The third kappa shape index (κ3) is 5.54. The van der Waals surface area contributed by atoms with E-state index >= 15 is 0 Å². The SMILES string of the molecule is CC(N)C1(C)CCN(c2ncc(Sc3ccnc(N4CCCC4C(C)(C)O)c3Cl)nc2CO)CC1. The normalized spacial score (nSPS) is 21.4. The highest BCUT2D eigenvalue weighted by molar-refractivity contribution is 7.99. The van der Waals surface area contributed by atoms with Gasteiger partial charge in [0, 0.05) is 36.8 Å². The average Bonchev–Trinajstić information content (AvgIpc) is 3.31. The Morgan fingerprint density at radius 3 is 2.60 bits per heavy atom. The van der Waals surface area contributed by atoms with Gasteiger partial charge < -0.3 is 25.7 Å². The van der Waals surface area contributed by atoms with Crippen LogP contribution in [-0.4, -0.2) is 62.5 Å². The summed E-state index contributed by atoms with van der Waals surface area (Å²) in [6.45, 7) is 10.3. The summed E-state index contributed by atoms with van der Waals surface area (Å²) in [5.74, 6) is 1.41. The Morgan fingerprint density at radius 1 is 1.26 bits per heavy atom. The molecule has 2 unspecified atom stereocenters. The van der Waals surface area contributed by atoms with Crippen LogP contribution in [0.5, 0.6) is 0 Å². The van der Waals surface area contributed by atoms with Gasteiger partial charge in [0.25, 0.3) is 0 Å². The minimum absolute atomic E-state index is 0.0403. The lowest BCUT2D eigenvalue weighted by atomic mass is 9.75. The van der Waals surface area contributed by atoms with Gasteiger partial charge >= 0.3 is 0 Å². The van der Waals surface area contributed by atoms with Gasteiger partial charge in [0.2, 0.25) is 0 Å². The summed E-state index contributed by atoms with van der Waals surface area (Å²) in [4.78, 5) is 19.0. The van der Waals surface area contributed by atoms with E-state index in [0.29, 0.717) is 21.6 Å². The lowest BCUT2D eigenvalue weighted by Crippen LogP contribution is -2.47. The standard InChI is InChI=1S/C25H37ClN6O2S/c1-16(27)25(4)8-12-31(13-9-25)22-17(15-33)30-20(14-29-22)35-18-7-10-28-23(21(18)26)32-11-5-6-19(32)24(2,3)34/h7,10,14,16,19,33-34H,5-6,8-9,11-13,15,27H2,1-4H3. The Morgan fingerprint density at radius 2 is 1.97 bits per heavy atom. The number of piperidine rings is 1. The lowest BCUT2D eigenvalue weighted by Gasteiger charge is -2.42. The molecule has 35 heavy (non-hydrogen) atoms. The molecule has 2 aromatic rings. The maximum atomic E-state index is 10.6. The molecule has 2 saturated heterocycles. The molecule has 0 aliphatic carbocycles. The third-order valence-corrected chi connectivity index (χ3v) is 9.10. The minimum atomic E-state index is -0.851. The van der Waals surface area contributed by atoms with E-state index in [9.17, 15) is 10.2 Å². The number of hydrogen-bond acceptors (Lipinski definition) is 9. The van der Waals surface area contributed by atoms with Crippen LogP contribution >= 0.6 is 23.4 Å². The fourth-order valence-electron chi connectivity index (χ4n) is 5.07. The van der Waals surface area contributed by atoms with Crippen LogP contribution in [0.25, 0.3) is 0 Å². The predicted octanol–water partition coefficient (Wildman–Crippen LogP) is 3.86. The van der Waals surface area contributed by atoms with Crippen molar-refractivity contribution in [2.24, 2.45) is 11.1 Å². The van der Waals surface area contributed by atoms with Crippen molar-refractivity contribution < 1.29 is 10.2 Å². The summed E-state index contributed by atoms with van der Waals surface area (Å²) in [5, 5.41) is 21.9. The number of pyridine rings is 1. The van der Waals surface area contributed by atoms with Crippen molar-refractivity contribution in [2.45, 2.75) is 87.6 Å². The first-order chi connectivity index (χ1) is 16.5. The fraction of sp³-hybridized carbons (Fsp3) is 0.640. The number of aliphatic hydroxyl groups is 2. The van der Waals surface area contributed by atoms with Crippen LogP contribution in [0.2, 0.25) is 5.02 Å². The van der Waals surface area contributed by atoms with Gasteiger partial charge in [0.15, 0.2) is 5.82 Å². The Kier molecular flexibility index (Phi) is 7.83. The van der Waals surface area contributed by atoms with E-state index in [1.54, 1.807) is 12.4 Å². The molecule has 2 aliphatic rings. The molecule has 0 amide bonds. The Bertz CT molecular complexity index is 1040. The highest BCUT2D eigenvalue weighted by atomic mass is 35.5. The van der Waals surface area contributed by atoms with E-state index in [1.165, 1.54) is 11.8 Å². The summed E-state index contributed by atoms with van der Waals surface area (Å²) in [6.07, 6.45) is 7.31. The quantitative estimate of drug-likeness (QED) is 0.501. The molecule has 2 fully saturated rings. The number of halogens is 1. The van der Waals surface area contributed by atoms with Crippen molar-refractivity contribution in [3.05, 3.63) is 29.2 Å². The molecule has 0 radical (unpaired) electrons. The van der Waals surface area contributed by atoms with Gasteiger partial charge in [-0.15, -0.1) is 0 Å². The molecule has 4 rings (SSSR count). The zero-order valence-electron chi connectivity index (χ0n) is 21.0. The van der Waals surface area contributed by atoms with Crippen molar-refractivity contribution in [3.8, 4) is 0 Å². The average molecular weight is 521 g/mol. The van der Waals surface area contributed by atoms with Crippen molar-refractivity contribution in [3.63, 3.8) is 0 Å². The van der Waals surface area contributed by atoms with Crippen LogP contribution in [0, 0.1) is 5.41 Å². The van der Waals surface area contributed by atoms with E-state index < -0.39 is 5.60 Å². The van der Waals surface area contributed by atoms with E-state index in [-0.39, 0.29) is 24.1 Å². The van der Waals surface area contributed by atoms with Crippen LogP contribution in [0.15, 0.2) is 28.4 Å². The van der Waals surface area contributed by atoms with Crippen molar-refractivity contribution in [1.82, 2.24) is 15.0 Å². The Balaban J connectivity index is 1.53. The lowest BCUT2D eigenvalue weighted by molar-refractivity contribution is 0.0533. The van der Waals surface area contributed by atoms with Gasteiger partial charge in [-0.05, 0) is 57.9 Å². The summed E-state index contributed by atoms with van der Waals surface area (Å²) >= 11 is 8.21. The maximum Gasteiger partial charge on any atom is 0.152 e. The molecule has 0 aromatic carbocycles. The molecule has 2 atom stereocenters. The molecule has 4 N–H and O–H groups in total. The second-order valence-electron chi connectivity index (χ2n) is 10.6. The van der Waals surface area contributed by atoms with Gasteiger partial charge in [-0.2, -0.15) is 0 Å². The van der Waals surface area contributed by atoms with Crippen LogP contribution in [0.4, 0.5) is 11.6 Å².